The van der Waals surface area contributed by atoms with Gasteiger partial charge < -0.3 is 9.30 Å². The SMILES string of the molecule is CCC1CCC(OC[C@H]2[C@@H](NS(C)(=O)=O)CCc3c(C)cc(C)c(=O)n32)CC1. The number of nitrogens with zero attached hydrogens (tertiary/aromatic N) is 1. The molecule has 1 saturated carbocycles. The van der Waals surface area contributed by atoms with Crippen molar-refractivity contribution in [3.05, 3.63) is 33.2 Å². The van der Waals surface area contributed by atoms with E-state index in [4.69, 9.17) is 4.74 Å². The summed E-state index contributed by atoms with van der Waals surface area (Å²) in [5.74, 6) is 0.794. The van der Waals surface area contributed by atoms with Crippen molar-refractivity contribution in [1.29, 1.82) is 0 Å². The monoisotopic (exact) mass is 410 g/mol. The molecule has 1 aliphatic carbocycles. The fourth-order valence-corrected chi connectivity index (χ4v) is 5.67. The van der Waals surface area contributed by atoms with E-state index in [2.05, 4.69) is 11.6 Å². The summed E-state index contributed by atoms with van der Waals surface area (Å²) in [6.07, 6.45) is 8.42. The van der Waals surface area contributed by atoms with Crippen molar-refractivity contribution in [2.75, 3.05) is 12.9 Å². The molecule has 1 fully saturated rings. The lowest BCUT2D eigenvalue weighted by Crippen LogP contribution is -2.50. The van der Waals surface area contributed by atoms with Crippen molar-refractivity contribution in [2.45, 2.75) is 83.9 Å². The van der Waals surface area contributed by atoms with Crippen molar-refractivity contribution in [3.63, 3.8) is 0 Å². The summed E-state index contributed by atoms with van der Waals surface area (Å²) in [6, 6.07) is 1.30. The Hall–Kier alpha value is -1.18. The van der Waals surface area contributed by atoms with Crippen LogP contribution in [0.1, 0.15) is 68.3 Å². The Kier molecular flexibility index (Phi) is 6.67. The fourth-order valence-electron chi connectivity index (χ4n) is 4.85. The molecule has 3 rings (SSSR count). The number of hydrogen-bond acceptors (Lipinski definition) is 4. The van der Waals surface area contributed by atoms with Crippen LogP contribution in [-0.4, -0.2) is 38.0 Å². The van der Waals surface area contributed by atoms with Gasteiger partial charge in [-0.2, -0.15) is 0 Å². The van der Waals surface area contributed by atoms with Crippen LogP contribution in [-0.2, 0) is 21.2 Å². The summed E-state index contributed by atoms with van der Waals surface area (Å²) in [6.45, 7) is 6.44. The molecule has 0 spiro atoms. The third kappa shape index (κ3) is 4.86. The Morgan fingerprint density at radius 3 is 2.43 bits per heavy atom. The highest BCUT2D eigenvalue weighted by Gasteiger charge is 2.34. The lowest BCUT2D eigenvalue weighted by molar-refractivity contribution is -0.00698. The van der Waals surface area contributed by atoms with Crippen molar-refractivity contribution < 1.29 is 13.2 Å². The van der Waals surface area contributed by atoms with Crippen LogP contribution in [0.15, 0.2) is 10.9 Å². The normalized spacial score (nSPS) is 28.1. The summed E-state index contributed by atoms with van der Waals surface area (Å²) in [4.78, 5) is 13.0. The summed E-state index contributed by atoms with van der Waals surface area (Å²) in [5.41, 5.74) is 2.74. The number of hydrogen-bond donors (Lipinski definition) is 1. The van der Waals surface area contributed by atoms with Gasteiger partial charge in [0.1, 0.15) is 0 Å². The first-order valence-electron chi connectivity index (χ1n) is 10.5. The van der Waals surface area contributed by atoms with Crippen LogP contribution in [0, 0.1) is 19.8 Å². The second-order valence-corrected chi connectivity index (χ2v) is 10.4. The van der Waals surface area contributed by atoms with Gasteiger partial charge in [-0.1, -0.05) is 13.3 Å². The van der Waals surface area contributed by atoms with Gasteiger partial charge in [0, 0.05) is 17.3 Å². The third-order valence-electron chi connectivity index (χ3n) is 6.46. The van der Waals surface area contributed by atoms with Crippen molar-refractivity contribution in [2.24, 2.45) is 5.92 Å². The van der Waals surface area contributed by atoms with Crippen LogP contribution in [0.4, 0.5) is 0 Å². The topological polar surface area (TPSA) is 77.4 Å². The van der Waals surface area contributed by atoms with Gasteiger partial charge in [0.15, 0.2) is 0 Å². The molecule has 0 radical (unpaired) electrons. The first kappa shape index (κ1) is 21.5. The predicted octanol–water partition coefficient (Wildman–Crippen LogP) is 2.86. The molecular weight excluding hydrogens is 376 g/mol. The molecule has 6 nitrogen and oxygen atoms in total. The van der Waals surface area contributed by atoms with Gasteiger partial charge >= 0.3 is 0 Å². The largest absolute Gasteiger partial charge is 0.376 e. The Morgan fingerprint density at radius 2 is 1.82 bits per heavy atom. The van der Waals surface area contributed by atoms with Crippen LogP contribution in [0.2, 0.25) is 0 Å². The molecule has 0 aromatic carbocycles. The average Bonchev–Trinajstić information content (AvgIpc) is 2.64. The average molecular weight is 411 g/mol. The highest BCUT2D eigenvalue weighted by molar-refractivity contribution is 7.88. The first-order chi connectivity index (χ1) is 13.2. The van der Waals surface area contributed by atoms with Gasteiger partial charge in [-0.15, -0.1) is 0 Å². The van der Waals surface area contributed by atoms with Gasteiger partial charge in [0.05, 0.1) is 25.0 Å². The highest BCUT2D eigenvalue weighted by Crippen LogP contribution is 2.31. The number of pyridine rings is 1. The maximum absolute atomic E-state index is 13.0. The second-order valence-electron chi connectivity index (χ2n) is 8.62. The number of sulfonamides is 1. The maximum atomic E-state index is 13.0. The second kappa shape index (κ2) is 8.67. The molecule has 2 heterocycles. The van der Waals surface area contributed by atoms with Crippen molar-refractivity contribution in [3.8, 4) is 0 Å². The number of rotatable bonds is 6. The fraction of sp³-hybridized carbons (Fsp3) is 0.762. The van der Waals surface area contributed by atoms with E-state index < -0.39 is 10.0 Å². The van der Waals surface area contributed by atoms with Crippen LogP contribution >= 0.6 is 0 Å². The van der Waals surface area contributed by atoms with Gasteiger partial charge in [-0.25, -0.2) is 13.1 Å². The van der Waals surface area contributed by atoms with E-state index in [1.165, 1.54) is 25.5 Å². The molecule has 1 aliphatic heterocycles. The Morgan fingerprint density at radius 1 is 1.14 bits per heavy atom. The number of ether oxygens (including phenoxy) is 1. The predicted molar refractivity (Wildman–Crippen MR) is 111 cm³/mol. The standard InChI is InChI=1S/C21H34N2O4S/c1-5-16-6-8-17(9-7-16)27-13-20-18(22-28(4,25)26)10-11-19-14(2)12-15(3)21(24)23(19)20/h12,16-18,20,22H,5-11,13H2,1-4H3/t16?,17?,18-,20-/m0/s1. The van der Waals surface area contributed by atoms with Gasteiger partial charge in [-0.05, 0) is 69.9 Å². The number of fused-ring (bicyclic) bond motifs is 1. The Bertz CT molecular complexity index is 854. The van der Waals surface area contributed by atoms with Gasteiger partial charge in [0.25, 0.3) is 5.56 Å². The molecule has 1 aromatic heterocycles. The van der Waals surface area contributed by atoms with Crippen LogP contribution in [0.5, 0.6) is 0 Å². The van der Waals surface area contributed by atoms with E-state index in [0.717, 1.165) is 30.0 Å². The zero-order valence-electron chi connectivity index (χ0n) is 17.5. The summed E-state index contributed by atoms with van der Waals surface area (Å²) < 4.78 is 34.6. The third-order valence-corrected chi connectivity index (χ3v) is 7.19. The van der Waals surface area contributed by atoms with Crippen LogP contribution in [0.3, 0.4) is 0 Å². The molecule has 0 saturated heterocycles. The Labute approximate surface area is 168 Å². The van der Waals surface area contributed by atoms with Crippen molar-refractivity contribution in [1.82, 2.24) is 9.29 Å². The first-order valence-corrected chi connectivity index (χ1v) is 12.4. The number of nitrogens with one attached hydrogen (secondary N) is 1. The lowest BCUT2D eigenvalue weighted by atomic mass is 9.86. The molecule has 0 unspecified atom stereocenters. The van der Waals surface area contributed by atoms with E-state index >= 15 is 0 Å². The molecule has 0 amide bonds. The zero-order chi connectivity index (χ0) is 20.5. The molecule has 1 aromatic rings. The van der Waals surface area contributed by atoms with Gasteiger partial charge in [-0.3, -0.25) is 4.79 Å². The quantitative estimate of drug-likeness (QED) is 0.782. The van der Waals surface area contributed by atoms with Crippen LogP contribution < -0.4 is 10.3 Å². The minimum atomic E-state index is -3.37. The van der Waals surface area contributed by atoms with E-state index in [-0.39, 0.29) is 23.7 Å². The number of aromatic nitrogens is 1. The summed E-state index contributed by atoms with van der Waals surface area (Å²) >= 11 is 0. The Balaban J connectivity index is 1.85. The molecule has 2 aliphatic rings. The van der Waals surface area contributed by atoms with Crippen molar-refractivity contribution >= 4 is 10.0 Å². The maximum Gasteiger partial charge on any atom is 0.254 e. The zero-order valence-corrected chi connectivity index (χ0v) is 18.3. The van der Waals surface area contributed by atoms with E-state index in [9.17, 15) is 13.2 Å². The van der Waals surface area contributed by atoms with Gasteiger partial charge in [0.2, 0.25) is 10.0 Å². The van der Waals surface area contributed by atoms with E-state index in [1.807, 2.05) is 19.9 Å². The van der Waals surface area contributed by atoms with Crippen LogP contribution in [0.25, 0.3) is 0 Å². The molecular formula is C21H34N2O4S. The molecule has 0 bridgehead atoms. The summed E-state index contributed by atoms with van der Waals surface area (Å²) in [7, 11) is -3.37. The highest BCUT2D eigenvalue weighted by atomic mass is 32.2. The number of aryl methyl sites for hydroxylation is 2. The molecule has 28 heavy (non-hydrogen) atoms. The molecule has 2 atom stereocenters. The lowest BCUT2D eigenvalue weighted by Gasteiger charge is -2.37. The minimum Gasteiger partial charge on any atom is -0.376 e. The molecule has 7 heteroatoms. The summed E-state index contributed by atoms with van der Waals surface area (Å²) in [5, 5.41) is 0. The van der Waals surface area contributed by atoms with E-state index in [1.54, 1.807) is 4.57 Å². The molecule has 158 valence electrons. The smallest absolute Gasteiger partial charge is 0.254 e. The molecule has 1 N–H and O–H groups in total. The van der Waals surface area contributed by atoms with E-state index in [0.29, 0.717) is 25.0 Å². The minimum absolute atomic E-state index is 0.0381.